The number of aryl methyl sites for hydroxylation is 1. The Kier molecular flexibility index (Phi) is 6.86. The second kappa shape index (κ2) is 8.70. The zero-order valence-corrected chi connectivity index (χ0v) is 16.6. The smallest absolute Gasteiger partial charge is 0.225 e. The molecule has 1 fully saturated rings. The van der Waals surface area contributed by atoms with E-state index in [2.05, 4.69) is 17.2 Å². The Morgan fingerprint density at radius 2 is 2.00 bits per heavy atom. The van der Waals surface area contributed by atoms with Gasteiger partial charge in [-0.1, -0.05) is 17.5 Å². The van der Waals surface area contributed by atoms with Crippen molar-refractivity contribution in [3.05, 3.63) is 33.8 Å². The first-order valence-corrected chi connectivity index (χ1v) is 9.25. The van der Waals surface area contributed by atoms with Gasteiger partial charge < -0.3 is 10.1 Å². The van der Waals surface area contributed by atoms with Crippen LogP contribution >= 0.6 is 11.6 Å². The van der Waals surface area contributed by atoms with E-state index in [9.17, 15) is 9.59 Å². The molecule has 1 amide bonds. The fourth-order valence-electron chi connectivity index (χ4n) is 3.57. The van der Waals surface area contributed by atoms with E-state index in [1.807, 2.05) is 13.0 Å². The number of carbonyl (C=O) groups excluding carboxylic acids is 2. The molecule has 1 aromatic rings. The summed E-state index contributed by atoms with van der Waals surface area (Å²) >= 11 is 6.36. The van der Waals surface area contributed by atoms with Crippen LogP contribution in [0.5, 0.6) is 0 Å². The summed E-state index contributed by atoms with van der Waals surface area (Å²) in [6, 6.07) is 3.70. The number of ether oxygens (including phenoxy) is 1. The van der Waals surface area contributed by atoms with Gasteiger partial charge in [-0.05, 0) is 69.7 Å². The Balaban J connectivity index is 2.14. The zero-order valence-electron chi connectivity index (χ0n) is 15.9. The molecule has 1 aliphatic rings. The molecular formula is C21H26ClNO3. The summed E-state index contributed by atoms with van der Waals surface area (Å²) in [4.78, 5) is 24.9. The van der Waals surface area contributed by atoms with Crippen molar-refractivity contribution in [1.29, 1.82) is 0 Å². The number of nitrogens with one attached hydrogen (secondary N) is 1. The molecule has 1 saturated carbocycles. The van der Waals surface area contributed by atoms with Crippen LogP contribution in [-0.2, 0) is 20.7 Å². The number of carbonyl (C=O) groups is 2. The quantitative estimate of drug-likeness (QED) is 0.800. The summed E-state index contributed by atoms with van der Waals surface area (Å²) in [5.74, 6) is 5.63. The third-order valence-electron chi connectivity index (χ3n) is 5.20. The second-order valence-electron chi connectivity index (χ2n) is 6.93. The van der Waals surface area contributed by atoms with Crippen LogP contribution in [0.2, 0.25) is 5.02 Å². The van der Waals surface area contributed by atoms with Crippen molar-refractivity contribution in [1.82, 2.24) is 5.32 Å². The standard InChI is InChI=1S/C21H26ClNO3/c1-5-6-16-11-14(2)18(19(22)12-16)13-20(25)23-21(15(3)24)9-7-17(26-4)8-10-21/h11-12,17H,7-10,13H2,1-4H3,(H,23,25). The van der Waals surface area contributed by atoms with Gasteiger partial charge in [0.15, 0.2) is 5.78 Å². The summed E-state index contributed by atoms with van der Waals surface area (Å²) in [5.41, 5.74) is 1.73. The normalized spacial score (nSPS) is 22.3. The van der Waals surface area contributed by atoms with Gasteiger partial charge in [-0.25, -0.2) is 0 Å². The molecule has 0 heterocycles. The molecule has 1 N–H and O–H groups in total. The molecule has 0 aromatic heterocycles. The van der Waals surface area contributed by atoms with Gasteiger partial charge in [-0.3, -0.25) is 9.59 Å². The van der Waals surface area contributed by atoms with Crippen LogP contribution < -0.4 is 5.32 Å². The van der Waals surface area contributed by atoms with E-state index in [1.54, 1.807) is 27.0 Å². The van der Waals surface area contributed by atoms with Crippen molar-refractivity contribution in [2.24, 2.45) is 0 Å². The van der Waals surface area contributed by atoms with Crippen molar-refractivity contribution in [3.8, 4) is 11.8 Å². The highest BCUT2D eigenvalue weighted by Gasteiger charge is 2.40. The Bertz CT molecular complexity index is 729. The van der Waals surface area contributed by atoms with Crippen LogP contribution in [0.1, 0.15) is 56.2 Å². The van der Waals surface area contributed by atoms with Crippen molar-refractivity contribution in [2.75, 3.05) is 7.11 Å². The maximum atomic E-state index is 12.7. The van der Waals surface area contributed by atoms with Crippen LogP contribution in [0.4, 0.5) is 0 Å². The number of rotatable bonds is 5. The molecule has 0 atom stereocenters. The number of hydrogen-bond donors (Lipinski definition) is 1. The first-order valence-electron chi connectivity index (χ1n) is 8.88. The highest BCUT2D eigenvalue weighted by atomic mass is 35.5. The van der Waals surface area contributed by atoms with Crippen LogP contribution in [0.3, 0.4) is 0 Å². The minimum atomic E-state index is -0.792. The Hall–Kier alpha value is -1.83. The topological polar surface area (TPSA) is 55.4 Å². The van der Waals surface area contributed by atoms with E-state index < -0.39 is 5.54 Å². The summed E-state index contributed by atoms with van der Waals surface area (Å²) in [7, 11) is 1.68. The minimum absolute atomic E-state index is 0.00297. The first-order chi connectivity index (χ1) is 12.3. The number of amides is 1. The molecule has 5 heteroatoms. The monoisotopic (exact) mass is 375 g/mol. The predicted octanol–water partition coefficient (Wildman–Crippen LogP) is 3.60. The lowest BCUT2D eigenvalue weighted by Crippen LogP contribution is -2.56. The van der Waals surface area contributed by atoms with Crippen LogP contribution in [0.25, 0.3) is 0 Å². The van der Waals surface area contributed by atoms with Gasteiger partial charge in [0.1, 0.15) is 0 Å². The van der Waals surface area contributed by atoms with Gasteiger partial charge in [0.05, 0.1) is 18.1 Å². The van der Waals surface area contributed by atoms with Crippen molar-refractivity contribution >= 4 is 23.3 Å². The minimum Gasteiger partial charge on any atom is -0.381 e. The maximum absolute atomic E-state index is 12.7. The molecule has 26 heavy (non-hydrogen) atoms. The number of hydrogen-bond acceptors (Lipinski definition) is 3. The summed E-state index contributed by atoms with van der Waals surface area (Å²) in [5, 5.41) is 3.51. The Morgan fingerprint density at radius 3 is 2.50 bits per heavy atom. The lowest BCUT2D eigenvalue weighted by atomic mass is 9.77. The van der Waals surface area contributed by atoms with Gasteiger partial charge in [0, 0.05) is 17.7 Å². The van der Waals surface area contributed by atoms with Gasteiger partial charge in [-0.2, -0.15) is 0 Å². The molecule has 1 aromatic carbocycles. The highest BCUT2D eigenvalue weighted by Crippen LogP contribution is 2.31. The van der Waals surface area contributed by atoms with Crippen molar-refractivity contribution < 1.29 is 14.3 Å². The zero-order chi connectivity index (χ0) is 19.3. The van der Waals surface area contributed by atoms with E-state index in [0.717, 1.165) is 29.5 Å². The fraction of sp³-hybridized carbons (Fsp3) is 0.524. The lowest BCUT2D eigenvalue weighted by molar-refractivity contribution is -0.133. The fourth-order valence-corrected chi connectivity index (χ4v) is 3.90. The van der Waals surface area contributed by atoms with Crippen LogP contribution in [0.15, 0.2) is 12.1 Å². The molecule has 0 unspecified atom stereocenters. The van der Waals surface area contributed by atoms with Crippen molar-refractivity contribution in [2.45, 2.75) is 64.5 Å². The average molecular weight is 376 g/mol. The molecule has 0 radical (unpaired) electrons. The largest absolute Gasteiger partial charge is 0.381 e. The number of ketones is 1. The number of methoxy groups -OCH3 is 1. The van der Waals surface area contributed by atoms with Crippen molar-refractivity contribution in [3.63, 3.8) is 0 Å². The van der Waals surface area contributed by atoms with Crippen LogP contribution in [0, 0.1) is 18.8 Å². The lowest BCUT2D eigenvalue weighted by Gasteiger charge is -2.38. The molecule has 0 bridgehead atoms. The number of halogens is 1. The number of Topliss-reactive ketones (excluding diaryl/α,β-unsaturated/α-hetero) is 1. The molecule has 4 nitrogen and oxygen atoms in total. The Morgan fingerprint density at radius 1 is 1.35 bits per heavy atom. The molecule has 140 valence electrons. The third kappa shape index (κ3) is 4.66. The summed E-state index contributed by atoms with van der Waals surface area (Å²) < 4.78 is 5.37. The average Bonchev–Trinajstić information content (AvgIpc) is 2.59. The number of benzene rings is 1. The molecule has 1 aliphatic carbocycles. The third-order valence-corrected chi connectivity index (χ3v) is 5.53. The molecule has 0 saturated heterocycles. The van der Waals surface area contributed by atoms with E-state index in [4.69, 9.17) is 16.3 Å². The molecular weight excluding hydrogens is 350 g/mol. The van der Waals surface area contributed by atoms with Gasteiger partial charge in [0.2, 0.25) is 5.91 Å². The van der Waals surface area contributed by atoms with Gasteiger partial charge in [-0.15, -0.1) is 5.92 Å². The summed E-state index contributed by atoms with van der Waals surface area (Å²) in [6.07, 6.45) is 3.03. The second-order valence-corrected chi connectivity index (χ2v) is 7.33. The van der Waals surface area contributed by atoms with Gasteiger partial charge >= 0.3 is 0 Å². The molecule has 0 spiro atoms. The van der Waals surface area contributed by atoms with E-state index >= 15 is 0 Å². The Labute approximate surface area is 160 Å². The molecule has 2 rings (SSSR count). The van der Waals surface area contributed by atoms with Crippen LogP contribution in [-0.4, -0.2) is 30.4 Å². The SMILES string of the molecule is CC#Cc1cc(C)c(CC(=O)NC2(C(C)=O)CCC(OC)CC2)c(Cl)c1. The summed E-state index contributed by atoms with van der Waals surface area (Å²) in [6.45, 7) is 5.23. The van der Waals surface area contributed by atoms with E-state index in [1.165, 1.54) is 0 Å². The highest BCUT2D eigenvalue weighted by molar-refractivity contribution is 6.31. The van der Waals surface area contributed by atoms with E-state index in [-0.39, 0.29) is 24.2 Å². The maximum Gasteiger partial charge on any atom is 0.225 e. The predicted molar refractivity (Wildman–Crippen MR) is 103 cm³/mol. The molecule has 0 aliphatic heterocycles. The van der Waals surface area contributed by atoms with E-state index in [0.29, 0.717) is 17.9 Å². The first kappa shape index (κ1) is 20.5. The van der Waals surface area contributed by atoms with Gasteiger partial charge in [0.25, 0.3) is 0 Å².